The molecule has 0 aliphatic heterocycles. The number of rotatable bonds is 5. The van der Waals surface area contributed by atoms with Crippen LogP contribution in [0.5, 0.6) is 0 Å². The van der Waals surface area contributed by atoms with Crippen LogP contribution in [-0.4, -0.2) is 4.98 Å². The fraction of sp³-hybridized carbons (Fsp3) is 0.0600. The van der Waals surface area contributed by atoms with Crippen molar-refractivity contribution in [1.29, 1.82) is 0 Å². The maximum atomic E-state index is 6.52. The third-order valence-electron chi connectivity index (χ3n) is 11.3. The van der Waals surface area contributed by atoms with E-state index in [1.165, 1.54) is 42.4 Å². The Morgan fingerprint density at radius 3 is 2.04 bits per heavy atom. The van der Waals surface area contributed by atoms with Crippen LogP contribution in [-0.2, 0) is 5.41 Å². The molecule has 0 fully saturated rings. The average molecular weight is 711 g/mol. The molecule has 11 rings (SSSR count). The second-order valence-corrected chi connectivity index (χ2v) is 15.9. The molecular formula is C50H34N2OS. The Balaban J connectivity index is 1.08. The zero-order chi connectivity index (χ0) is 36.0. The van der Waals surface area contributed by atoms with Gasteiger partial charge in [0, 0.05) is 59.2 Å². The van der Waals surface area contributed by atoms with Crippen LogP contribution in [0.2, 0.25) is 0 Å². The number of anilines is 3. The lowest BCUT2D eigenvalue weighted by atomic mass is 9.82. The molecule has 0 unspecified atom stereocenters. The highest BCUT2D eigenvalue weighted by molar-refractivity contribution is 7.25. The van der Waals surface area contributed by atoms with Crippen molar-refractivity contribution in [2.75, 3.05) is 4.90 Å². The highest BCUT2D eigenvalue weighted by Crippen LogP contribution is 2.51. The van der Waals surface area contributed by atoms with Crippen molar-refractivity contribution in [2.45, 2.75) is 19.3 Å². The van der Waals surface area contributed by atoms with Crippen molar-refractivity contribution in [3.05, 3.63) is 181 Å². The molecule has 0 bridgehead atoms. The van der Waals surface area contributed by atoms with Crippen LogP contribution in [0.15, 0.2) is 174 Å². The normalized spacial score (nSPS) is 13.1. The number of nitrogens with zero attached hydrogens (tertiary/aromatic N) is 2. The highest BCUT2D eigenvalue weighted by Gasteiger charge is 2.35. The Morgan fingerprint density at radius 2 is 1.17 bits per heavy atom. The van der Waals surface area contributed by atoms with Crippen molar-refractivity contribution in [3.63, 3.8) is 0 Å². The number of hydrogen-bond acceptors (Lipinski definition) is 4. The minimum absolute atomic E-state index is 0.0559. The summed E-state index contributed by atoms with van der Waals surface area (Å²) in [5, 5.41) is 4.79. The molecular weight excluding hydrogens is 677 g/mol. The molecule has 4 heteroatoms. The van der Waals surface area contributed by atoms with Gasteiger partial charge in [0.1, 0.15) is 5.52 Å². The lowest BCUT2D eigenvalue weighted by Gasteiger charge is -2.27. The zero-order valence-corrected chi connectivity index (χ0v) is 30.7. The quantitative estimate of drug-likeness (QED) is 0.178. The topological polar surface area (TPSA) is 29.3 Å². The molecule has 256 valence electrons. The molecule has 0 radical (unpaired) electrons. The molecule has 54 heavy (non-hydrogen) atoms. The van der Waals surface area contributed by atoms with E-state index in [0.29, 0.717) is 5.89 Å². The van der Waals surface area contributed by atoms with E-state index in [-0.39, 0.29) is 5.41 Å². The van der Waals surface area contributed by atoms with Crippen LogP contribution in [0.3, 0.4) is 0 Å². The Labute approximate surface area is 317 Å². The lowest BCUT2D eigenvalue weighted by Crippen LogP contribution is -2.15. The van der Waals surface area contributed by atoms with Gasteiger partial charge >= 0.3 is 0 Å². The van der Waals surface area contributed by atoms with Gasteiger partial charge in [-0.3, -0.25) is 0 Å². The standard InChI is InChI=1S/C50H34N2OS/c1-50(2)43-18-10-8-16-38(43)42-29-35(25-27-44(42)50)52(36-24-26-40-39-17-9-11-19-45(39)54-46(40)30-36)34-22-20-31(21-23-34)41-28-33-14-6-7-15-37(33)48-47(41)51-49(53-48)32-12-4-3-5-13-32/h3-30H,1-2H3. The van der Waals surface area contributed by atoms with E-state index in [1.54, 1.807) is 0 Å². The molecule has 0 amide bonds. The molecule has 1 aliphatic rings. The van der Waals surface area contributed by atoms with E-state index in [0.717, 1.165) is 55.6 Å². The van der Waals surface area contributed by atoms with Crippen LogP contribution in [0.25, 0.3) is 75.8 Å². The SMILES string of the molecule is CC1(C)c2ccccc2-c2cc(N(c3ccc(-c4cc5ccccc5c5oc(-c6ccccc6)nc45)cc3)c3ccc4c(c3)sc3ccccc34)ccc21. The van der Waals surface area contributed by atoms with Gasteiger partial charge in [-0.25, -0.2) is 4.98 Å². The van der Waals surface area contributed by atoms with Crippen molar-refractivity contribution in [3.8, 4) is 33.7 Å². The predicted octanol–water partition coefficient (Wildman–Crippen LogP) is 14.5. The molecule has 1 aliphatic carbocycles. The van der Waals surface area contributed by atoms with Gasteiger partial charge in [-0.05, 0) is 93.9 Å². The van der Waals surface area contributed by atoms with Gasteiger partial charge in [0.25, 0.3) is 0 Å². The number of oxazole rings is 1. The van der Waals surface area contributed by atoms with Gasteiger partial charge in [-0.15, -0.1) is 11.3 Å². The fourth-order valence-corrected chi connectivity index (χ4v) is 9.74. The van der Waals surface area contributed by atoms with E-state index in [1.807, 2.05) is 41.7 Å². The predicted molar refractivity (Wildman–Crippen MR) is 228 cm³/mol. The molecule has 2 heterocycles. The van der Waals surface area contributed by atoms with Crippen molar-refractivity contribution >= 4 is 70.4 Å². The molecule has 0 atom stereocenters. The smallest absolute Gasteiger partial charge is 0.227 e. The Morgan fingerprint density at radius 1 is 0.500 bits per heavy atom. The van der Waals surface area contributed by atoms with Gasteiger partial charge in [0.15, 0.2) is 5.58 Å². The molecule has 10 aromatic rings. The van der Waals surface area contributed by atoms with Gasteiger partial charge < -0.3 is 9.32 Å². The number of benzene rings is 8. The minimum atomic E-state index is -0.0559. The van der Waals surface area contributed by atoms with Crippen LogP contribution in [0, 0.1) is 0 Å². The van der Waals surface area contributed by atoms with Gasteiger partial charge in [-0.1, -0.05) is 123 Å². The number of hydrogen-bond donors (Lipinski definition) is 0. The van der Waals surface area contributed by atoms with Crippen molar-refractivity contribution < 1.29 is 4.42 Å². The summed E-state index contributed by atoms with van der Waals surface area (Å²) in [5.74, 6) is 0.629. The van der Waals surface area contributed by atoms with Crippen molar-refractivity contribution in [2.24, 2.45) is 0 Å². The van der Waals surface area contributed by atoms with Crippen LogP contribution in [0.4, 0.5) is 17.1 Å². The summed E-state index contributed by atoms with van der Waals surface area (Å²) >= 11 is 1.85. The number of fused-ring (bicyclic) bond motifs is 9. The van der Waals surface area contributed by atoms with E-state index in [9.17, 15) is 0 Å². The monoisotopic (exact) mass is 710 g/mol. The molecule has 0 spiro atoms. The van der Waals surface area contributed by atoms with Crippen LogP contribution < -0.4 is 4.90 Å². The summed E-state index contributed by atoms with van der Waals surface area (Å²) in [5.41, 5.74) is 13.4. The first-order valence-electron chi connectivity index (χ1n) is 18.5. The molecule has 0 N–H and O–H groups in total. The molecule has 2 aromatic heterocycles. The largest absolute Gasteiger partial charge is 0.435 e. The van der Waals surface area contributed by atoms with Gasteiger partial charge in [0.05, 0.1) is 0 Å². The zero-order valence-electron chi connectivity index (χ0n) is 29.9. The maximum absolute atomic E-state index is 6.52. The summed E-state index contributed by atoms with van der Waals surface area (Å²) in [6, 6.07) is 61.3. The summed E-state index contributed by atoms with van der Waals surface area (Å²) < 4.78 is 9.11. The van der Waals surface area contributed by atoms with E-state index in [4.69, 9.17) is 9.40 Å². The van der Waals surface area contributed by atoms with Crippen LogP contribution in [0.1, 0.15) is 25.0 Å². The third-order valence-corrected chi connectivity index (χ3v) is 12.4. The first-order chi connectivity index (χ1) is 26.5. The van der Waals surface area contributed by atoms with Gasteiger partial charge in [0.2, 0.25) is 5.89 Å². The minimum Gasteiger partial charge on any atom is -0.435 e. The molecule has 8 aromatic carbocycles. The average Bonchev–Trinajstić information content (AvgIpc) is 3.89. The Hall–Kier alpha value is -6.49. The van der Waals surface area contributed by atoms with Crippen LogP contribution >= 0.6 is 11.3 Å². The Bertz CT molecular complexity index is 3080. The second-order valence-electron chi connectivity index (χ2n) is 14.8. The van der Waals surface area contributed by atoms with Gasteiger partial charge in [-0.2, -0.15) is 0 Å². The summed E-state index contributed by atoms with van der Waals surface area (Å²) in [6.45, 7) is 4.68. The molecule has 0 saturated carbocycles. The first-order valence-corrected chi connectivity index (χ1v) is 19.3. The fourth-order valence-electron chi connectivity index (χ4n) is 8.60. The molecule has 3 nitrogen and oxygen atoms in total. The Kier molecular flexibility index (Phi) is 6.77. The van der Waals surface area contributed by atoms with Crippen molar-refractivity contribution in [1.82, 2.24) is 4.98 Å². The summed E-state index contributed by atoms with van der Waals surface area (Å²) in [7, 11) is 0. The first kappa shape index (κ1) is 31.1. The van der Waals surface area contributed by atoms with E-state index >= 15 is 0 Å². The second kappa shape index (κ2) is 11.8. The summed E-state index contributed by atoms with van der Waals surface area (Å²) in [6.07, 6.45) is 0. The lowest BCUT2D eigenvalue weighted by molar-refractivity contribution is 0.623. The van der Waals surface area contributed by atoms with E-state index in [2.05, 4.69) is 158 Å². The maximum Gasteiger partial charge on any atom is 0.227 e. The third kappa shape index (κ3) is 4.70. The molecule has 0 saturated heterocycles. The number of thiophene rings is 1. The highest BCUT2D eigenvalue weighted by atomic mass is 32.1. The van der Waals surface area contributed by atoms with E-state index < -0.39 is 0 Å². The summed E-state index contributed by atoms with van der Waals surface area (Å²) in [4.78, 5) is 7.50. The number of aromatic nitrogens is 1.